The van der Waals surface area contributed by atoms with Crippen molar-refractivity contribution in [3.8, 4) is 11.5 Å². The summed E-state index contributed by atoms with van der Waals surface area (Å²) in [6, 6.07) is 15.9. The van der Waals surface area contributed by atoms with E-state index in [1.165, 1.54) is 0 Å². The van der Waals surface area contributed by atoms with Crippen LogP contribution in [0, 0.1) is 13.8 Å². The summed E-state index contributed by atoms with van der Waals surface area (Å²) >= 11 is 0. The normalized spacial score (nSPS) is 12.7. The highest BCUT2D eigenvalue weighted by atomic mass is 16.6. The monoisotopic (exact) mass is 432 g/mol. The van der Waals surface area contributed by atoms with Gasteiger partial charge in [0, 0.05) is 25.3 Å². The first-order valence-electron chi connectivity index (χ1n) is 10.7. The van der Waals surface area contributed by atoms with Gasteiger partial charge in [-0.2, -0.15) is 5.10 Å². The summed E-state index contributed by atoms with van der Waals surface area (Å²) in [6.07, 6.45) is 4.11. The second kappa shape index (κ2) is 9.60. The molecule has 2 heterocycles. The maximum atomic E-state index is 13.0. The Balaban J connectivity index is 1.54. The molecule has 0 atom stereocenters. The molecule has 1 N–H and O–H groups in total. The van der Waals surface area contributed by atoms with Crippen LogP contribution in [-0.4, -0.2) is 42.0 Å². The van der Waals surface area contributed by atoms with Crippen molar-refractivity contribution in [2.75, 3.05) is 36.5 Å². The van der Waals surface area contributed by atoms with Gasteiger partial charge in [0.2, 0.25) is 5.91 Å². The molecule has 0 aliphatic carbocycles. The molecule has 0 fully saturated rings. The van der Waals surface area contributed by atoms with Gasteiger partial charge in [0.1, 0.15) is 13.2 Å². The Labute approximate surface area is 188 Å². The highest BCUT2D eigenvalue weighted by Gasteiger charge is 2.18. The van der Waals surface area contributed by atoms with Gasteiger partial charge in [0.15, 0.2) is 11.5 Å². The lowest BCUT2D eigenvalue weighted by molar-refractivity contribution is -0.115. The van der Waals surface area contributed by atoms with Gasteiger partial charge in [0.25, 0.3) is 0 Å². The molecule has 4 rings (SSSR count). The summed E-state index contributed by atoms with van der Waals surface area (Å²) in [6.45, 7) is 5.65. The molecule has 166 valence electrons. The maximum absolute atomic E-state index is 13.0. The molecule has 0 saturated carbocycles. The smallest absolute Gasteiger partial charge is 0.244 e. The van der Waals surface area contributed by atoms with Crippen LogP contribution in [0.2, 0.25) is 0 Å². The van der Waals surface area contributed by atoms with Crippen LogP contribution >= 0.6 is 0 Å². The fourth-order valence-electron chi connectivity index (χ4n) is 3.68. The van der Waals surface area contributed by atoms with Gasteiger partial charge in [-0.1, -0.05) is 42.5 Å². The largest absolute Gasteiger partial charge is 0.486 e. The minimum Gasteiger partial charge on any atom is -0.486 e. The summed E-state index contributed by atoms with van der Waals surface area (Å²) in [5.74, 6) is 1.32. The predicted molar refractivity (Wildman–Crippen MR) is 126 cm³/mol. The van der Waals surface area contributed by atoms with E-state index in [2.05, 4.69) is 22.6 Å². The Bertz CT molecular complexity index is 1120. The number of carbonyl (C=O) groups excluding carboxylic acids is 1. The molecule has 0 radical (unpaired) electrons. The molecule has 1 amide bonds. The highest BCUT2D eigenvalue weighted by Crippen LogP contribution is 2.34. The molecule has 0 bridgehead atoms. The minimum absolute atomic E-state index is 0.104. The van der Waals surface area contributed by atoms with E-state index in [0.717, 1.165) is 34.1 Å². The maximum Gasteiger partial charge on any atom is 0.244 e. The summed E-state index contributed by atoms with van der Waals surface area (Å²) in [5, 5.41) is 7.41. The summed E-state index contributed by atoms with van der Waals surface area (Å²) in [4.78, 5) is 15.0. The number of aryl methyl sites for hydroxylation is 2. The van der Waals surface area contributed by atoms with Crippen LogP contribution in [0.15, 0.2) is 54.6 Å². The van der Waals surface area contributed by atoms with Crippen molar-refractivity contribution in [3.05, 3.63) is 71.6 Å². The number of fused-ring (bicyclic) bond motifs is 1. The quantitative estimate of drug-likeness (QED) is 0.612. The van der Waals surface area contributed by atoms with Gasteiger partial charge in [-0.15, -0.1) is 0 Å². The number of hydrogen-bond donors (Lipinski definition) is 1. The molecule has 1 aromatic heterocycles. The van der Waals surface area contributed by atoms with Crippen molar-refractivity contribution in [2.24, 2.45) is 7.05 Å². The first kappa shape index (κ1) is 21.5. The molecule has 7 heteroatoms. The molecule has 32 heavy (non-hydrogen) atoms. The lowest BCUT2D eigenvalue weighted by atomic mass is 10.2. The SMILES string of the molecule is Cc1nn(C)c(C)c1NC(=O)CN(C/C=C/c1ccccc1)c1ccc2c(c1)OCCO2. The number of carbonyl (C=O) groups is 1. The molecular weight excluding hydrogens is 404 g/mol. The molecule has 3 aromatic rings. The third-order valence-electron chi connectivity index (χ3n) is 5.43. The molecule has 1 aliphatic heterocycles. The Kier molecular flexibility index (Phi) is 6.44. The Morgan fingerprint density at radius 2 is 1.88 bits per heavy atom. The number of amides is 1. The van der Waals surface area contributed by atoms with Crippen LogP contribution < -0.4 is 19.7 Å². The Morgan fingerprint density at radius 1 is 1.12 bits per heavy atom. The summed E-state index contributed by atoms with van der Waals surface area (Å²) < 4.78 is 13.2. The average molecular weight is 433 g/mol. The van der Waals surface area contributed by atoms with Crippen molar-refractivity contribution in [1.29, 1.82) is 0 Å². The number of benzene rings is 2. The standard InChI is InChI=1S/C25H28N4O3/c1-18-25(19(2)28(3)27-18)26-24(30)17-29(13-7-10-20-8-5-4-6-9-20)21-11-12-22-23(16-21)32-15-14-31-22/h4-12,16H,13-15,17H2,1-3H3,(H,26,30)/b10-7+. The van der Waals surface area contributed by atoms with Crippen LogP contribution in [0.25, 0.3) is 6.08 Å². The van der Waals surface area contributed by atoms with Crippen LogP contribution in [0.4, 0.5) is 11.4 Å². The lowest BCUT2D eigenvalue weighted by Gasteiger charge is -2.25. The predicted octanol–water partition coefficient (Wildman–Crippen LogP) is 3.97. The molecular formula is C25H28N4O3. The average Bonchev–Trinajstić information content (AvgIpc) is 3.04. The molecule has 2 aromatic carbocycles. The molecule has 0 saturated heterocycles. The van der Waals surface area contributed by atoms with E-state index in [0.29, 0.717) is 25.5 Å². The van der Waals surface area contributed by atoms with Crippen molar-refractivity contribution >= 4 is 23.4 Å². The number of anilines is 2. The van der Waals surface area contributed by atoms with E-state index in [1.54, 1.807) is 4.68 Å². The third-order valence-corrected chi connectivity index (χ3v) is 5.43. The van der Waals surface area contributed by atoms with Gasteiger partial charge in [-0.25, -0.2) is 0 Å². The zero-order valence-corrected chi connectivity index (χ0v) is 18.7. The number of nitrogens with one attached hydrogen (secondary N) is 1. The summed E-state index contributed by atoms with van der Waals surface area (Å²) in [7, 11) is 1.87. The Hall–Kier alpha value is -3.74. The van der Waals surface area contributed by atoms with Gasteiger partial charge in [-0.3, -0.25) is 9.48 Å². The fraction of sp³-hybridized carbons (Fsp3) is 0.280. The first-order valence-corrected chi connectivity index (χ1v) is 10.7. The van der Waals surface area contributed by atoms with Crippen LogP contribution in [0.1, 0.15) is 17.0 Å². The second-order valence-corrected chi connectivity index (χ2v) is 7.74. The van der Waals surface area contributed by atoms with E-state index in [4.69, 9.17) is 9.47 Å². The van der Waals surface area contributed by atoms with E-state index < -0.39 is 0 Å². The van der Waals surface area contributed by atoms with E-state index in [-0.39, 0.29) is 12.5 Å². The number of aromatic nitrogens is 2. The molecule has 7 nitrogen and oxygen atoms in total. The first-order chi connectivity index (χ1) is 15.5. The van der Waals surface area contributed by atoms with Gasteiger partial charge < -0.3 is 19.7 Å². The Morgan fingerprint density at radius 3 is 2.59 bits per heavy atom. The van der Waals surface area contributed by atoms with Crippen LogP contribution in [0.3, 0.4) is 0 Å². The van der Waals surface area contributed by atoms with Crippen molar-refractivity contribution < 1.29 is 14.3 Å². The summed E-state index contributed by atoms with van der Waals surface area (Å²) in [5.41, 5.74) is 4.49. The highest BCUT2D eigenvalue weighted by molar-refractivity contribution is 5.95. The zero-order chi connectivity index (χ0) is 22.5. The van der Waals surface area contributed by atoms with Crippen LogP contribution in [0.5, 0.6) is 11.5 Å². The molecule has 1 aliphatic rings. The molecule has 0 spiro atoms. The van der Waals surface area contributed by atoms with Gasteiger partial charge in [0.05, 0.1) is 23.6 Å². The lowest BCUT2D eigenvalue weighted by Crippen LogP contribution is -2.33. The minimum atomic E-state index is -0.104. The van der Waals surface area contributed by atoms with Crippen LogP contribution in [-0.2, 0) is 11.8 Å². The van der Waals surface area contributed by atoms with E-state index in [9.17, 15) is 4.79 Å². The molecule has 0 unspecified atom stereocenters. The van der Waals surface area contributed by atoms with Crippen molar-refractivity contribution in [1.82, 2.24) is 9.78 Å². The van der Waals surface area contributed by atoms with E-state index in [1.807, 2.05) is 74.3 Å². The number of nitrogens with zero attached hydrogens (tertiary/aromatic N) is 3. The number of hydrogen-bond acceptors (Lipinski definition) is 5. The second-order valence-electron chi connectivity index (χ2n) is 7.74. The van der Waals surface area contributed by atoms with Crippen molar-refractivity contribution in [2.45, 2.75) is 13.8 Å². The van der Waals surface area contributed by atoms with Gasteiger partial charge in [-0.05, 0) is 31.5 Å². The number of ether oxygens (including phenoxy) is 2. The topological polar surface area (TPSA) is 68.6 Å². The number of rotatable bonds is 7. The van der Waals surface area contributed by atoms with E-state index >= 15 is 0 Å². The van der Waals surface area contributed by atoms with Crippen molar-refractivity contribution in [3.63, 3.8) is 0 Å². The van der Waals surface area contributed by atoms with Gasteiger partial charge >= 0.3 is 0 Å². The fourth-order valence-corrected chi connectivity index (χ4v) is 3.68. The zero-order valence-electron chi connectivity index (χ0n) is 18.7. The third kappa shape index (κ3) is 4.94.